The van der Waals surface area contributed by atoms with Crippen molar-refractivity contribution >= 4 is 11.6 Å². The summed E-state index contributed by atoms with van der Waals surface area (Å²) in [6.07, 6.45) is 4.59. The van der Waals surface area contributed by atoms with Crippen LogP contribution in [0.25, 0.3) is 5.70 Å². The van der Waals surface area contributed by atoms with Crippen molar-refractivity contribution in [2.45, 2.75) is 67.7 Å². The van der Waals surface area contributed by atoms with E-state index in [4.69, 9.17) is 5.73 Å². The molecule has 1 aromatic heterocycles. The molecule has 1 aromatic carbocycles. The Morgan fingerprint density at radius 3 is 2.18 bits per heavy atom. The number of allylic oxidation sites excluding steroid dienone is 3. The summed E-state index contributed by atoms with van der Waals surface area (Å²) in [6, 6.07) is 12.3. The van der Waals surface area contributed by atoms with Crippen LogP contribution >= 0.6 is 0 Å². The number of carbonyl (C=O) groups excluding carboxylic acids is 1. The maximum absolute atomic E-state index is 13.1. The molecule has 0 spiro atoms. The molecule has 6 nitrogen and oxygen atoms in total. The van der Waals surface area contributed by atoms with Gasteiger partial charge < -0.3 is 15.5 Å². The fraction of sp³-hybridized carbons (Fsp3) is 0.531. The molecule has 1 saturated heterocycles. The van der Waals surface area contributed by atoms with Crippen molar-refractivity contribution in [1.29, 1.82) is 0 Å². The second kappa shape index (κ2) is 15.4. The molecule has 3 rings (SSSR count). The fourth-order valence-corrected chi connectivity index (χ4v) is 4.17. The summed E-state index contributed by atoms with van der Waals surface area (Å²) in [6.45, 7) is 18.3. The monoisotopic (exact) mass is 519 g/mol. The predicted octanol–water partition coefficient (Wildman–Crippen LogP) is 5.99. The van der Waals surface area contributed by atoms with Crippen molar-refractivity contribution in [3.63, 3.8) is 0 Å². The van der Waals surface area contributed by atoms with E-state index in [2.05, 4.69) is 94.9 Å². The summed E-state index contributed by atoms with van der Waals surface area (Å²) in [5.74, 6) is 1.19. The van der Waals surface area contributed by atoms with E-state index in [-0.39, 0.29) is 5.91 Å². The number of hydrogen-bond donors (Lipinski definition) is 1. The predicted molar refractivity (Wildman–Crippen MR) is 160 cm³/mol. The number of amides is 1. The van der Waals surface area contributed by atoms with Crippen molar-refractivity contribution < 1.29 is 4.79 Å². The number of carbonyl (C=O) groups is 1. The molecular formula is C32H49N5O. The lowest BCUT2D eigenvalue weighted by atomic mass is 9.96. The van der Waals surface area contributed by atoms with Crippen molar-refractivity contribution in [1.82, 2.24) is 20.0 Å². The molecule has 1 fully saturated rings. The van der Waals surface area contributed by atoms with Crippen molar-refractivity contribution in [2.24, 2.45) is 17.6 Å². The van der Waals surface area contributed by atoms with Gasteiger partial charge in [0.1, 0.15) is 5.69 Å². The lowest BCUT2D eigenvalue weighted by Gasteiger charge is -2.32. The first-order valence-electron chi connectivity index (χ1n) is 14.1. The highest BCUT2D eigenvalue weighted by Gasteiger charge is 2.23. The molecule has 2 aromatic rings. The van der Waals surface area contributed by atoms with E-state index >= 15 is 0 Å². The van der Waals surface area contributed by atoms with E-state index in [1.54, 1.807) is 0 Å². The Balaban J connectivity index is 0.00000118. The highest BCUT2D eigenvalue weighted by Crippen LogP contribution is 2.23. The molecular weight excluding hydrogens is 470 g/mol. The van der Waals surface area contributed by atoms with Crippen LogP contribution in [0.5, 0.6) is 0 Å². The highest BCUT2D eigenvalue weighted by molar-refractivity contribution is 5.92. The van der Waals surface area contributed by atoms with Gasteiger partial charge in [-0.15, -0.1) is 10.2 Å². The number of benzene rings is 1. The van der Waals surface area contributed by atoms with Gasteiger partial charge in [-0.1, -0.05) is 77.4 Å². The number of nitrogens with two attached hydrogens (primary N) is 1. The van der Waals surface area contributed by atoms with E-state index < -0.39 is 0 Å². The third kappa shape index (κ3) is 10.1. The van der Waals surface area contributed by atoms with Crippen LogP contribution in [0, 0.1) is 11.8 Å². The molecule has 208 valence electrons. The Hall–Kier alpha value is -2.99. The van der Waals surface area contributed by atoms with Crippen LogP contribution in [-0.2, 0) is 12.8 Å². The lowest BCUT2D eigenvalue weighted by molar-refractivity contribution is 0.0657. The first-order valence-corrected chi connectivity index (χ1v) is 14.1. The third-order valence-electron chi connectivity index (χ3n) is 6.43. The van der Waals surface area contributed by atoms with Crippen LogP contribution < -0.4 is 5.73 Å². The number of likely N-dealkylation sites (N-methyl/N-ethyl adjacent to an activating group) is 1. The molecule has 0 bridgehead atoms. The Morgan fingerprint density at radius 1 is 1.03 bits per heavy atom. The minimum atomic E-state index is -0.0498. The number of rotatable bonds is 8. The standard InChI is InChI=1S/C28H39N5O.C4H10/c1-6-21(4)23(17-22-10-8-7-9-11-22)18-25(29)27-24(16-20(2)3)19-26(30-31-27)28(34)33-14-12-32(5)13-15-33;1-4(2)3/h7-11,18-20H,6,12-17,29H2,1-5H3;4H,1-3H3/b23-21+,25-18-;. The summed E-state index contributed by atoms with van der Waals surface area (Å²) in [5, 5.41) is 8.81. The number of nitrogens with zero attached hydrogens (tertiary/aromatic N) is 4. The normalized spacial score (nSPS) is 15.3. The Kier molecular flexibility index (Phi) is 12.7. The number of aromatic nitrogens is 2. The molecule has 6 heteroatoms. The van der Waals surface area contributed by atoms with Crippen LogP contribution in [0.2, 0.25) is 0 Å². The van der Waals surface area contributed by atoms with E-state index in [1.165, 1.54) is 16.7 Å². The molecule has 2 N–H and O–H groups in total. The van der Waals surface area contributed by atoms with Crippen LogP contribution in [0.4, 0.5) is 0 Å². The SMILES string of the molecule is CC(C)C.CC/C(C)=C(/C=C(\N)c1nnc(C(=O)N2CCN(C)CC2)cc1CC(C)C)Cc1ccccc1. The largest absolute Gasteiger partial charge is 0.397 e. The summed E-state index contributed by atoms with van der Waals surface area (Å²) >= 11 is 0. The molecule has 0 saturated carbocycles. The van der Waals surface area contributed by atoms with Gasteiger partial charge in [-0.3, -0.25) is 4.79 Å². The van der Waals surface area contributed by atoms with Crippen LogP contribution in [0.15, 0.2) is 53.6 Å². The van der Waals surface area contributed by atoms with Gasteiger partial charge in [0, 0.05) is 26.2 Å². The van der Waals surface area contributed by atoms with E-state index in [1.807, 2.05) is 23.1 Å². The maximum Gasteiger partial charge on any atom is 0.274 e. The van der Waals surface area contributed by atoms with Crippen molar-refractivity contribution in [3.8, 4) is 0 Å². The quantitative estimate of drug-likeness (QED) is 0.433. The van der Waals surface area contributed by atoms with Crippen molar-refractivity contribution in [2.75, 3.05) is 33.2 Å². The summed E-state index contributed by atoms with van der Waals surface area (Å²) < 4.78 is 0. The van der Waals surface area contributed by atoms with Gasteiger partial charge >= 0.3 is 0 Å². The molecule has 0 unspecified atom stereocenters. The van der Waals surface area contributed by atoms with Gasteiger partial charge in [0.15, 0.2) is 5.69 Å². The van der Waals surface area contributed by atoms with E-state index in [9.17, 15) is 4.79 Å². The maximum atomic E-state index is 13.1. The topological polar surface area (TPSA) is 75.3 Å². The highest BCUT2D eigenvalue weighted by atomic mass is 16.2. The first-order chi connectivity index (χ1) is 18.0. The van der Waals surface area contributed by atoms with Gasteiger partial charge in [0.2, 0.25) is 0 Å². The summed E-state index contributed by atoms with van der Waals surface area (Å²) in [5.41, 5.74) is 13.0. The van der Waals surface area contributed by atoms with Crippen LogP contribution in [0.3, 0.4) is 0 Å². The van der Waals surface area contributed by atoms with Gasteiger partial charge in [0.25, 0.3) is 5.91 Å². The van der Waals surface area contributed by atoms with Crippen LogP contribution in [-0.4, -0.2) is 59.1 Å². The second-order valence-corrected chi connectivity index (χ2v) is 11.5. The average molecular weight is 520 g/mol. The summed E-state index contributed by atoms with van der Waals surface area (Å²) in [7, 11) is 2.08. The van der Waals surface area contributed by atoms with E-state index in [0.29, 0.717) is 36.1 Å². The fourth-order valence-electron chi connectivity index (χ4n) is 4.17. The molecule has 38 heavy (non-hydrogen) atoms. The zero-order valence-corrected chi connectivity index (χ0v) is 24.9. The van der Waals surface area contributed by atoms with E-state index in [0.717, 1.165) is 43.8 Å². The minimum Gasteiger partial charge on any atom is -0.397 e. The second-order valence-electron chi connectivity index (χ2n) is 11.5. The Labute approximate surface area is 231 Å². The molecule has 0 radical (unpaired) electrons. The minimum absolute atomic E-state index is 0.0498. The average Bonchev–Trinajstić information content (AvgIpc) is 2.87. The van der Waals surface area contributed by atoms with Gasteiger partial charge in [-0.25, -0.2) is 0 Å². The smallest absolute Gasteiger partial charge is 0.274 e. The molecule has 1 amide bonds. The molecule has 0 atom stereocenters. The Morgan fingerprint density at radius 2 is 1.63 bits per heavy atom. The third-order valence-corrected chi connectivity index (χ3v) is 6.43. The first kappa shape index (κ1) is 31.2. The molecule has 0 aliphatic carbocycles. The Bertz CT molecular complexity index is 1080. The molecule has 1 aliphatic rings. The van der Waals surface area contributed by atoms with Gasteiger partial charge in [-0.2, -0.15) is 0 Å². The zero-order chi connectivity index (χ0) is 28.2. The summed E-state index contributed by atoms with van der Waals surface area (Å²) in [4.78, 5) is 17.2. The van der Waals surface area contributed by atoms with Crippen molar-refractivity contribution in [3.05, 3.63) is 76.1 Å². The lowest BCUT2D eigenvalue weighted by Crippen LogP contribution is -2.47. The zero-order valence-electron chi connectivity index (χ0n) is 24.9. The van der Waals surface area contributed by atoms with Crippen LogP contribution in [0.1, 0.15) is 82.2 Å². The number of hydrogen-bond acceptors (Lipinski definition) is 5. The van der Waals surface area contributed by atoms with Gasteiger partial charge in [-0.05, 0) is 73.9 Å². The molecule has 1 aliphatic heterocycles. The molecule has 2 heterocycles. The van der Waals surface area contributed by atoms with Gasteiger partial charge in [0.05, 0.1) is 5.70 Å². The number of piperazine rings is 1.